The Hall–Kier alpha value is -2.62. The summed E-state index contributed by atoms with van der Waals surface area (Å²) >= 11 is 0. The lowest BCUT2D eigenvalue weighted by Gasteiger charge is -2.19. The first kappa shape index (κ1) is 16.7. The number of ether oxygens (including phenoxy) is 2. The highest BCUT2D eigenvalue weighted by molar-refractivity contribution is 5.84. The van der Waals surface area contributed by atoms with Gasteiger partial charge in [-0.15, -0.1) is 0 Å². The molecule has 0 spiro atoms. The van der Waals surface area contributed by atoms with Gasteiger partial charge < -0.3 is 9.47 Å². The molecule has 0 bridgehead atoms. The van der Waals surface area contributed by atoms with Crippen LogP contribution in [0.2, 0.25) is 0 Å². The summed E-state index contributed by atoms with van der Waals surface area (Å²) in [5.41, 5.74) is 3.58. The van der Waals surface area contributed by atoms with Gasteiger partial charge in [0.05, 0.1) is 7.11 Å². The van der Waals surface area contributed by atoms with E-state index in [2.05, 4.69) is 0 Å². The van der Waals surface area contributed by atoms with Crippen LogP contribution in [0.4, 0.5) is 0 Å². The lowest BCUT2D eigenvalue weighted by Crippen LogP contribution is -2.10. The zero-order valence-corrected chi connectivity index (χ0v) is 13.2. The second kappa shape index (κ2) is 8.13. The molecule has 0 amide bonds. The molecular formula is C19H19O4. The molecule has 2 rings (SSSR count). The van der Waals surface area contributed by atoms with E-state index in [4.69, 9.17) is 9.47 Å². The zero-order valence-electron chi connectivity index (χ0n) is 13.2. The van der Waals surface area contributed by atoms with Crippen molar-refractivity contribution >= 4 is 11.9 Å². The minimum Gasteiger partial charge on any atom is -0.466 e. The van der Waals surface area contributed by atoms with Crippen molar-refractivity contribution in [2.45, 2.75) is 13.3 Å². The van der Waals surface area contributed by atoms with Crippen molar-refractivity contribution in [3.8, 4) is 0 Å². The van der Waals surface area contributed by atoms with Crippen molar-refractivity contribution in [3.05, 3.63) is 77.3 Å². The SMILES string of the molecule is COC(=O)/C=C1/CC=CC(COC(C)=O)=C1[CH]c1ccccc1. The van der Waals surface area contributed by atoms with Gasteiger partial charge in [-0.3, -0.25) is 4.79 Å². The molecule has 0 heterocycles. The Morgan fingerprint density at radius 2 is 1.96 bits per heavy atom. The third-order valence-electron chi connectivity index (χ3n) is 3.38. The molecule has 1 aromatic rings. The highest BCUT2D eigenvalue weighted by Crippen LogP contribution is 2.29. The fraction of sp³-hybridized carbons (Fsp3) is 0.211. The Kier molecular flexibility index (Phi) is 5.92. The fourth-order valence-corrected chi connectivity index (χ4v) is 2.28. The molecule has 0 unspecified atom stereocenters. The van der Waals surface area contributed by atoms with Gasteiger partial charge in [0.25, 0.3) is 0 Å². The van der Waals surface area contributed by atoms with E-state index in [1.54, 1.807) is 0 Å². The number of allylic oxidation sites excluding steroid dienone is 3. The maximum atomic E-state index is 11.6. The van der Waals surface area contributed by atoms with Crippen molar-refractivity contribution < 1.29 is 19.1 Å². The molecule has 119 valence electrons. The van der Waals surface area contributed by atoms with E-state index >= 15 is 0 Å². The quantitative estimate of drug-likeness (QED) is 0.619. The van der Waals surface area contributed by atoms with Crippen molar-refractivity contribution in [1.29, 1.82) is 0 Å². The predicted octanol–water partition coefficient (Wildman–Crippen LogP) is 3.16. The van der Waals surface area contributed by atoms with Crippen LogP contribution >= 0.6 is 0 Å². The van der Waals surface area contributed by atoms with Crippen LogP contribution in [0.3, 0.4) is 0 Å². The molecule has 0 aliphatic heterocycles. The summed E-state index contributed by atoms with van der Waals surface area (Å²) in [4.78, 5) is 22.7. The molecule has 1 aliphatic rings. The average molecular weight is 311 g/mol. The highest BCUT2D eigenvalue weighted by atomic mass is 16.5. The summed E-state index contributed by atoms with van der Waals surface area (Å²) < 4.78 is 9.84. The second-order valence-corrected chi connectivity index (χ2v) is 5.07. The van der Waals surface area contributed by atoms with Crippen LogP contribution in [-0.2, 0) is 19.1 Å². The molecule has 0 atom stereocenters. The van der Waals surface area contributed by atoms with Gasteiger partial charge in [0, 0.05) is 19.4 Å². The summed E-state index contributed by atoms with van der Waals surface area (Å²) in [6, 6.07) is 9.79. The molecule has 0 fully saturated rings. The molecule has 1 radical (unpaired) electrons. The van der Waals surface area contributed by atoms with Gasteiger partial charge in [0.1, 0.15) is 6.61 Å². The van der Waals surface area contributed by atoms with Crippen LogP contribution < -0.4 is 0 Å². The Morgan fingerprint density at radius 3 is 2.61 bits per heavy atom. The summed E-state index contributed by atoms with van der Waals surface area (Å²) in [7, 11) is 1.35. The molecular weight excluding hydrogens is 292 g/mol. The smallest absolute Gasteiger partial charge is 0.330 e. The minimum absolute atomic E-state index is 0.170. The first-order chi connectivity index (χ1) is 11.1. The molecule has 0 aromatic heterocycles. The largest absolute Gasteiger partial charge is 0.466 e. The third kappa shape index (κ3) is 4.95. The Labute approximate surface area is 136 Å². The minimum atomic E-state index is -0.402. The molecule has 1 aliphatic carbocycles. The number of carbonyl (C=O) groups excluding carboxylic acids is 2. The number of hydrogen-bond donors (Lipinski definition) is 0. The van der Waals surface area contributed by atoms with E-state index in [9.17, 15) is 9.59 Å². The van der Waals surface area contributed by atoms with Crippen LogP contribution in [0.5, 0.6) is 0 Å². The number of methoxy groups -OCH3 is 1. The Morgan fingerprint density at radius 1 is 1.22 bits per heavy atom. The van der Waals surface area contributed by atoms with Gasteiger partial charge in [0.15, 0.2) is 0 Å². The van der Waals surface area contributed by atoms with E-state index in [0.717, 1.165) is 22.3 Å². The number of benzene rings is 1. The molecule has 23 heavy (non-hydrogen) atoms. The predicted molar refractivity (Wildman–Crippen MR) is 87.4 cm³/mol. The summed E-state index contributed by atoms with van der Waals surface area (Å²) in [6.45, 7) is 1.54. The highest BCUT2D eigenvalue weighted by Gasteiger charge is 2.17. The molecule has 4 heteroatoms. The van der Waals surface area contributed by atoms with Crippen LogP contribution in [0.15, 0.2) is 65.3 Å². The van der Waals surface area contributed by atoms with E-state index < -0.39 is 5.97 Å². The van der Waals surface area contributed by atoms with E-state index in [1.807, 2.05) is 48.9 Å². The van der Waals surface area contributed by atoms with Crippen molar-refractivity contribution in [1.82, 2.24) is 0 Å². The van der Waals surface area contributed by atoms with Gasteiger partial charge in [-0.05, 0) is 28.7 Å². The number of carbonyl (C=O) groups is 2. The maximum absolute atomic E-state index is 11.6. The molecule has 4 nitrogen and oxygen atoms in total. The monoisotopic (exact) mass is 311 g/mol. The van der Waals surface area contributed by atoms with Crippen molar-refractivity contribution in [3.63, 3.8) is 0 Å². The number of hydrogen-bond acceptors (Lipinski definition) is 4. The van der Waals surface area contributed by atoms with Crippen molar-refractivity contribution in [2.24, 2.45) is 0 Å². The van der Waals surface area contributed by atoms with E-state index in [0.29, 0.717) is 6.42 Å². The van der Waals surface area contributed by atoms with Crippen LogP contribution in [0.1, 0.15) is 18.9 Å². The first-order valence-corrected chi connectivity index (χ1v) is 7.32. The van der Waals surface area contributed by atoms with Gasteiger partial charge in [-0.25, -0.2) is 4.79 Å². The molecule has 0 N–H and O–H groups in total. The molecule has 0 saturated heterocycles. The lowest BCUT2D eigenvalue weighted by atomic mass is 9.88. The number of rotatable bonds is 5. The van der Waals surface area contributed by atoms with Gasteiger partial charge >= 0.3 is 11.9 Å². The van der Waals surface area contributed by atoms with Gasteiger partial charge in [-0.1, -0.05) is 42.5 Å². The van der Waals surface area contributed by atoms with Gasteiger partial charge in [0.2, 0.25) is 0 Å². The zero-order chi connectivity index (χ0) is 16.7. The second-order valence-electron chi connectivity index (χ2n) is 5.07. The molecule has 0 saturated carbocycles. The molecule has 1 aromatic carbocycles. The van der Waals surface area contributed by atoms with Crippen LogP contribution in [-0.4, -0.2) is 25.7 Å². The summed E-state index contributed by atoms with van der Waals surface area (Å²) in [6.07, 6.45) is 7.95. The Bertz CT molecular complexity index is 666. The first-order valence-electron chi connectivity index (χ1n) is 7.32. The summed E-state index contributed by atoms with van der Waals surface area (Å²) in [5.74, 6) is -0.741. The van der Waals surface area contributed by atoms with Crippen molar-refractivity contribution in [2.75, 3.05) is 13.7 Å². The normalized spacial score (nSPS) is 15.7. The third-order valence-corrected chi connectivity index (χ3v) is 3.38. The van der Waals surface area contributed by atoms with Crippen LogP contribution in [0.25, 0.3) is 0 Å². The lowest BCUT2D eigenvalue weighted by molar-refractivity contribution is -0.140. The standard InChI is InChI=1S/C19H19O4/c1-14(20)23-13-17-10-6-9-16(12-19(21)22-2)18(17)11-15-7-4-3-5-8-15/h3-8,10-12H,9,13H2,1-2H3/b16-12-. The van der Waals surface area contributed by atoms with E-state index in [-0.39, 0.29) is 12.6 Å². The Balaban J connectivity index is 2.36. The topological polar surface area (TPSA) is 52.6 Å². The fourth-order valence-electron chi connectivity index (χ4n) is 2.28. The van der Waals surface area contributed by atoms with E-state index in [1.165, 1.54) is 20.1 Å². The van der Waals surface area contributed by atoms with Crippen LogP contribution in [0, 0.1) is 6.42 Å². The summed E-state index contributed by atoms with van der Waals surface area (Å²) in [5, 5.41) is 0. The maximum Gasteiger partial charge on any atom is 0.330 e. The number of esters is 2. The van der Waals surface area contributed by atoms with Gasteiger partial charge in [-0.2, -0.15) is 0 Å². The average Bonchev–Trinajstić information content (AvgIpc) is 2.55.